The quantitative estimate of drug-likeness (QED) is 0.296. The summed E-state index contributed by atoms with van der Waals surface area (Å²) in [5.74, 6) is 0. The molecule has 0 atom stereocenters. The van der Waals surface area contributed by atoms with Crippen LogP contribution in [0.1, 0.15) is 25.0 Å². The van der Waals surface area contributed by atoms with E-state index in [-0.39, 0.29) is 5.41 Å². The smallest absolute Gasteiger partial charge is 0.136 e. The number of benzene rings is 4. The monoisotopic (exact) mass is 334 g/mol. The van der Waals surface area contributed by atoms with E-state index in [2.05, 4.69) is 80.6 Å². The molecule has 0 fully saturated rings. The highest BCUT2D eigenvalue weighted by atomic mass is 16.3. The molecular formula is C25H18O. The second-order valence-electron chi connectivity index (χ2n) is 7.79. The van der Waals surface area contributed by atoms with Crippen molar-refractivity contribution in [2.24, 2.45) is 0 Å². The van der Waals surface area contributed by atoms with Gasteiger partial charge in [0.2, 0.25) is 0 Å². The Labute approximate surface area is 151 Å². The lowest BCUT2D eigenvalue weighted by atomic mass is 9.82. The normalized spacial score (nSPS) is 14.8. The number of hydrogen-bond donors (Lipinski definition) is 0. The molecule has 0 bridgehead atoms. The molecule has 124 valence electrons. The zero-order chi connectivity index (χ0) is 17.5. The summed E-state index contributed by atoms with van der Waals surface area (Å²) >= 11 is 0. The van der Waals surface area contributed by atoms with Gasteiger partial charge in [0.15, 0.2) is 0 Å². The molecule has 0 spiro atoms. The molecule has 0 amide bonds. The molecule has 5 aromatic rings. The van der Waals surface area contributed by atoms with Gasteiger partial charge in [-0.05, 0) is 39.8 Å². The molecule has 0 radical (unpaired) electrons. The van der Waals surface area contributed by atoms with Crippen molar-refractivity contribution in [1.29, 1.82) is 0 Å². The van der Waals surface area contributed by atoms with Crippen molar-refractivity contribution in [2.45, 2.75) is 19.3 Å². The van der Waals surface area contributed by atoms with E-state index in [4.69, 9.17) is 4.42 Å². The van der Waals surface area contributed by atoms with Gasteiger partial charge in [-0.1, -0.05) is 74.5 Å². The average molecular weight is 334 g/mol. The Hall–Kier alpha value is -3.06. The molecule has 0 saturated carbocycles. The van der Waals surface area contributed by atoms with Gasteiger partial charge in [-0.2, -0.15) is 0 Å². The SMILES string of the molecule is CC1(C)c2ccccc2-c2c1ccc1ccc3oc4ccccc4c3c21. The van der Waals surface area contributed by atoms with Crippen molar-refractivity contribution in [2.75, 3.05) is 0 Å². The van der Waals surface area contributed by atoms with Crippen molar-refractivity contribution >= 4 is 32.7 Å². The summed E-state index contributed by atoms with van der Waals surface area (Å²) in [6, 6.07) is 26.1. The molecule has 0 N–H and O–H groups in total. The van der Waals surface area contributed by atoms with Crippen LogP contribution in [0.2, 0.25) is 0 Å². The molecule has 0 saturated heterocycles. The predicted octanol–water partition coefficient (Wildman–Crippen LogP) is 7.05. The minimum atomic E-state index is 0.0157. The number of fused-ring (bicyclic) bond motifs is 9. The minimum Gasteiger partial charge on any atom is -0.456 e. The third-order valence-electron chi connectivity index (χ3n) is 6.07. The molecule has 26 heavy (non-hydrogen) atoms. The van der Waals surface area contributed by atoms with E-state index in [9.17, 15) is 0 Å². The number of para-hydroxylation sites is 1. The van der Waals surface area contributed by atoms with Crippen LogP contribution in [-0.4, -0.2) is 0 Å². The molecule has 1 aliphatic rings. The summed E-state index contributed by atoms with van der Waals surface area (Å²) < 4.78 is 6.16. The van der Waals surface area contributed by atoms with Crippen LogP contribution >= 0.6 is 0 Å². The van der Waals surface area contributed by atoms with Gasteiger partial charge in [0, 0.05) is 21.6 Å². The summed E-state index contributed by atoms with van der Waals surface area (Å²) in [5, 5.41) is 5.03. The van der Waals surface area contributed by atoms with E-state index in [1.807, 2.05) is 6.07 Å². The Morgan fingerprint density at radius 2 is 1.42 bits per heavy atom. The first kappa shape index (κ1) is 14.1. The molecule has 1 aromatic heterocycles. The third-order valence-corrected chi connectivity index (χ3v) is 6.07. The van der Waals surface area contributed by atoms with Gasteiger partial charge in [-0.3, -0.25) is 0 Å². The van der Waals surface area contributed by atoms with Crippen molar-refractivity contribution in [3.63, 3.8) is 0 Å². The van der Waals surface area contributed by atoms with Gasteiger partial charge >= 0.3 is 0 Å². The number of rotatable bonds is 0. The standard InChI is InChI=1S/C25H18O/c1-25(2)18-9-5-3-7-16(18)23-19(25)13-11-15-12-14-21-24(22(15)23)17-8-4-6-10-20(17)26-21/h3-14H,1-2H3. The second-order valence-corrected chi connectivity index (χ2v) is 7.79. The molecule has 1 aliphatic carbocycles. The summed E-state index contributed by atoms with van der Waals surface area (Å²) in [6.07, 6.45) is 0. The van der Waals surface area contributed by atoms with Gasteiger partial charge in [0.1, 0.15) is 11.2 Å². The van der Waals surface area contributed by atoms with Crippen molar-refractivity contribution < 1.29 is 4.42 Å². The van der Waals surface area contributed by atoms with E-state index in [0.717, 1.165) is 11.2 Å². The average Bonchev–Trinajstić information content (AvgIpc) is 3.15. The fourth-order valence-electron chi connectivity index (χ4n) is 4.82. The maximum absolute atomic E-state index is 6.16. The Balaban J connectivity index is 1.93. The van der Waals surface area contributed by atoms with Crippen molar-refractivity contribution in [3.8, 4) is 11.1 Å². The van der Waals surface area contributed by atoms with Crippen LogP contribution in [0.25, 0.3) is 43.8 Å². The molecular weight excluding hydrogens is 316 g/mol. The second kappa shape index (κ2) is 4.56. The molecule has 0 unspecified atom stereocenters. The van der Waals surface area contributed by atoms with E-state index in [0.29, 0.717) is 0 Å². The Bertz CT molecular complexity index is 1350. The molecule has 1 nitrogen and oxygen atoms in total. The Morgan fingerprint density at radius 3 is 2.35 bits per heavy atom. The Kier molecular flexibility index (Phi) is 2.48. The first-order valence-corrected chi connectivity index (χ1v) is 9.13. The largest absolute Gasteiger partial charge is 0.456 e. The maximum atomic E-state index is 6.16. The lowest BCUT2D eigenvalue weighted by Gasteiger charge is -2.21. The van der Waals surface area contributed by atoms with Crippen LogP contribution < -0.4 is 0 Å². The molecule has 0 aliphatic heterocycles. The van der Waals surface area contributed by atoms with Crippen LogP contribution in [0.4, 0.5) is 0 Å². The van der Waals surface area contributed by atoms with Gasteiger partial charge in [0.05, 0.1) is 0 Å². The lowest BCUT2D eigenvalue weighted by Crippen LogP contribution is -2.14. The summed E-state index contributed by atoms with van der Waals surface area (Å²) in [5.41, 5.74) is 7.49. The third kappa shape index (κ3) is 1.56. The van der Waals surface area contributed by atoms with E-state index in [1.54, 1.807) is 0 Å². The number of furan rings is 1. The summed E-state index contributed by atoms with van der Waals surface area (Å²) in [6.45, 7) is 4.66. The number of hydrogen-bond acceptors (Lipinski definition) is 1. The van der Waals surface area contributed by atoms with Crippen LogP contribution in [-0.2, 0) is 5.41 Å². The van der Waals surface area contributed by atoms with Crippen molar-refractivity contribution in [3.05, 3.63) is 83.9 Å². The zero-order valence-electron chi connectivity index (χ0n) is 14.8. The molecule has 1 heteroatoms. The molecule has 1 heterocycles. The van der Waals surface area contributed by atoms with E-state index < -0.39 is 0 Å². The van der Waals surface area contributed by atoms with Crippen molar-refractivity contribution in [1.82, 2.24) is 0 Å². The maximum Gasteiger partial charge on any atom is 0.136 e. The fourth-order valence-corrected chi connectivity index (χ4v) is 4.82. The van der Waals surface area contributed by atoms with Crippen LogP contribution in [0.5, 0.6) is 0 Å². The lowest BCUT2D eigenvalue weighted by molar-refractivity contribution is 0.661. The minimum absolute atomic E-state index is 0.0157. The summed E-state index contributed by atoms with van der Waals surface area (Å²) in [7, 11) is 0. The first-order valence-electron chi connectivity index (χ1n) is 9.13. The van der Waals surface area contributed by atoms with Gasteiger partial charge in [0.25, 0.3) is 0 Å². The van der Waals surface area contributed by atoms with E-state index >= 15 is 0 Å². The fraction of sp³-hybridized carbons (Fsp3) is 0.120. The van der Waals surface area contributed by atoms with Gasteiger partial charge in [-0.15, -0.1) is 0 Å². The van der Waals surface area contributed by atoms with Gasteiger partial charge < -0.3 is 4.42 Å². The molecule has 6 rings (SSSR count). The van der Waals surface area contributed by atoms with Crippen LogP contribution in [0.3, 0.4) is 0 Å². The van der Waals surface area contributed by atoms with E-state index in [1.165, 1.54) is 43.8 Å². The van der Waals surface area contributed by atoms with Crippen LogP contribution in [0, 0.1) is 0 Å². The Morgan fingerprint density at radius 1 is 0.654 bits per heavy atom. The zero-order valence-corrected chi connectivity index (χ0v) is 14.8. The topological polar surface area (TPSA) is 13.1 Å². The first-order chi connectivity index (χ1) is 12.7. The highest BCUT2D eigenvalue weighted by Crippen LogP contribution is 2.52. The highest BCUT2D eigenvalue weighted by molar-refractivity contribution is 6.24. The predicted molar refractivity (Wildman–Crippen MR) is 109 cm³/mol. The summed E-state index contributed by atoms with van der Waals surface area (Å²) in [4.78, 5) is 0. The highest BCUT2D eigenvalue weighted by Gasteiger charge is 2.36. The van der Waals surface area contributed by atoms with Crippen LogP contribution in [0.15, 0.2) is 77.2 Å². The van der Waals surface area contributed by atoms with Gasteiger partial charge in [-0.25, -0.2) is 0 Å². The molecule has 4 aromatic carbocycles.